The molecule has 0 atom stereocenters. The van der Waals surface area contributed by atoms with Crippen molar-refractivity contribution in [2.75, 3.05) is 18.8 Å². The summed E-state index contributed by atoms with van der Waals surface area (Å²) in [5.74, 6) is 0.788. The first-order valence-electron chi connectivity index (χ1n) is 10.7. The van der Waals surface area contributed by atoms with Crippen molar-refractivity contribution in [3.8, 4) is 5.75 Å². The molecule has 3 aromatic rings. The number of nitrogens with one attached hydrogen (secondary N) is 1. The molecule has 0 radical (unpaired) electrons. The second-order valence-electron chi connectivity index (χ2n) is 8.07. The van der Waals surface area contributed by atoms with Crippen LogP contribution in [0.1, 0.15) is 41.1 Å². The molecule has 3 heterocycles. The number of halogens is 2. The topological polar surface area (TPSA) is 131 Å². The van der Waals surface area contributed by atoms with Crippen molar-refractivity contribution in [3.05, 3.63) is 81.4 Å². The predicted molar refractivity (Wildman–Crippen MR) is 133 cm³/mol. The second kappa shape index (κ2) is 10.3. The minimum Gasteiger partial charge on any atom is -0.489 e. The number of hydrogen-bond acceptors (Lipinski definition) is 6. The molecule has 8 nitrogen and oxygen atoms in total. The number of ether oxygens (including phenoxy) is 1. The lowest BCUT2D eigenvalue weighted by Crippen LogP contribution is -2.41. The fraction of sp³-hybridized carbons (Fsp3) is 0.250. The van der Waals surface area contributed by atoms with E-state index in [-0.39, 0.29) is 24.3 Å². The first-order valence-corrected chi connectivity index (χ1v) is 11.5. The first-order chi connectivity index (χ1) is 16.3. The number of rotatable bonds is 6. The number of carbonyl (C=O) groups is 1. The van der Waals surface area contributed by atoms with E-state index in [4.69, 9.17) is 44.8 Å². The molecule has 1 aliphatic rings. The van der Waals surface area contributed by atoms with Gasteiger partial charge in [-0.3, -0.25) is 15.4 Å². The van der Waals surface area contributed by atoms with E-state index in [1.807, 2.05) is 12.1 Å². The normalized spacial score (nSPS) is 14.1. The Balaban J connectivity index is 1.46. The van der Waals surface area contributed by atoms with Crippen LogP contribution >= 0.6 is 23.2 Å². The number of pyridine rings is 2. The monoisotopic (exact) mass is 498 g/mol. The van der Waals surface area contributed by atoms with Gasteiger partial charge in [-0.1, -0.05) is 23.2 Å². The van der Waals surface area contributed by atoms with E-state index in [0.29, 0.717) is 51.3 Å². The zero-order valence-electron chi connectivity index (χ0n) is 18.3. The maximum atomic E-state index is 11.3. The maximum Gasteiger partial charge on any atom is 0.314 e. The molecule has 2 aromatic heterocycles. The predicted octanol–water partition coefficient (Wildman–Crippen LogP) is 4.62. The van der Waals surface area contributed by atoms with Gasteiger partial charge in [0.25, 0.3) is 0 Å². The Bertz CT molecular complexity index is 1190. The van der Waals surface area contributed by atoms with Gasteiger partial charge in [0.1, 0.15) is 12.4 Å². The van der Waals surface area contributed by atoms with Crippen molar-refractivity contribution in [1.29, 1.82) is 5.41 Å². The maximum absolute atomic E-state index is 11.3. The number of nitrogens with two attached hydrogens (primary N) is 2. The third kappa shape index (κ3) is 5.24. The Morgan fingerprint density at radius 2 is 1.82 bits per heavy atom. The number of benzene rings is 1. The number of piperidine rings is 1. The highest BCUT2D eigenvalue weighted by Gasteiger charge is 2.23. The molecule has 10 heteroatoms. The van der Waals surface area contributed by atoms with E-state index in [2.05, 4.69) is 9.97 Å². The van der Waals surface area contributed by atoms with Crippen molar-refractivity contribution in [2.24, 2.45) is 5.73 Å². The number of aromatic nitrogens is 2. The summed E-state index contributed by atoms with van der Waals surface area (Å²) in [4.78, 5) is 21.5. The Hall–Kier alpha value is -3.36. The largest absolute Gasteiger partial charge is 0.489 e. The van der Waals surface area contributed by atoms with Crippen LogP contribution in [0, 0.1) is 5.41 Å². The lowest BCUT2D eigenvalue weighted by atomic mass is 9.92. The highest BCUT2D eigenvalue weighted by Crippen LogP contribution is 2.29. The van der Waals surface area contributed by atoms with Crippen LogP contribution in [0.2, 0.25) is 10.0 Å². The third-order valence-electron chi connectivity index (χ3n) is 5.93. The number of nitrogens with zero attached hydrogens (tertiary/aromatic N) is 3. The molecule has 0 unspecified atom stereocenters. The van der Waals surface area contributed by atoms with E-state index >= 15 is 0 Å². The third-order valence-corrected chi connectivity index (χ3v) is 6.58. The number of nitrogen functional groups attached to an aromatic ring is 1. The first kappa shape index (κ1) is 23.8. The van der Waals surface area contributed by atoms with Gasteiger partial charge in [-0.05, 0) is 43.2 Å². The molecule has 1 saturated heterocycles. The molecule has 2 amide bonds. The van der Waals surface area contributed by atoms with E-state index in [0.717, 1.165) is 18.5 Å². The Kier molecular flexibility index (Phi) is 7.19. The highest BCUT2D eigenvalue weighted by atomic mass is 35.5. The van der Waals surface area contributed by atoms with Gasteiger partial charge in [0.2, 0.25) is 0 Å². The van der Waals surface area contributed by atoms with Crippen LogP contribution in [0.4, 0.5) is 10.5 Å². The van der Waals surface area contributed by atoms with Gasteiger partial charge in [-0.2, -0.15) is 0 Å². The number of anilines is 1. The zero-order chi connectivity index (χ0) is 24.2. The summed E-state index contributed by atoms with van der Waals surface area (Å²) in [6.07, 6.45) is 6.32. The molecule has 0 spiro atoms. The molecule has 1 fully saturated rings. The number of urea groups is 1. The number of amides is 2. The number of hydrogen-bond donors (Lipinski definition) is 3. The summed E-state index contributed by atoms with van der Waals surface area (Å²) in [7, 11) is 0. The van der Waals surface area contributed by atoms with Crippen LogP contribution in [-0.2, 0) is 6.61 Å². The minimum atomic E-state index is -0.383. The zero-order valence-corrected chi connectivity index (χ0v) is 19.8. The van der Waals surface area contributed by atoms with Crippen LogP contribution in [-0.4, -0.2) is 39.7 Å². The average molecular weight is 499 g/mol. The summed E-state index contributed by atoms with van der Waals surface area (Å²) in [5, 5.41) is 9.51. The smallest absolute Gasteiger partial charge is 0.314 e. The summed E-state index contributed by atoms with van der Waals surface area (Å²) in [6.45, 7) is 1.40. The van der Waals surface area contributed by atoms with Gasteiger partial charge in [0, 0.05) is 65.7 Å². The Labute approximate surface area is 207 Å². The van der Waals surface area contributed by atoms with Gasteiger partial charge in [-0.15, -0.1) is 0 Å². The average Bonchev–Trinajstić information content (AvgIpc) is 2.84. The fourth-order valence-corrected chi connectivity index (χ4v) is 4.39. The van der Waals surface area contributed by atoms with Gasteiger partial charge in [0.15, 0.2) is 0 Å². The summed E-state index contributed by atoms with van der Waals surface area (Å²) in [5.41, 5.74) is 15.0. The standard InChI is InChI=1S/C24H24Cl2N6O2/c25-19-11-30-12-20(26)18(19)13-34-16-2-3-21(27)17(9-16)23(28)15-1-4-22(31-10-15)14-5-7-32(8-6-14)24(29)33/h1-4,9-12,14,28H,5-8,13,27H2,(H2,29,33). The SMILES string of the molecule is N=C(c1ccc(C2CCN(C(N)=O)CC2)nc1)c1cc(OCc2c(Cl)cncc2Cl)ccc1N. The lowest BCUT2D eigenvalue weighted by molar-refractivity contribution is 0.190. The molecule has 1 aromatic carbocycles. The Morgan fingerprint density at radius 3 is 2.44 bits per heavy atom. The number of likely N-dealkylation sites (tertiary alicyclic amines) is 1. The van der Waals surface area contributed by atoms with Crippen molar-refractivity contribution in [2.45, 2.75) is 25.4 Å². The number of carbonyl (C=O) groups excluding carboxylic acids is 1. The lowest BCUT2D eigenvalue weighted by Gasteiger charge is -2.30. The van der Waals surface area contributed by atoms with Crippen molar-refractivity contribution >= 4 is 40.6 Å². The van der Waals surface area contributed by atoms with E-state index < -0.39 is 0 Å². The highest BCUT2D eigenvalue weighted by molar-refractivity contribution is 6.35. The van der Waals surface area contributed by atoms with Crippen molar-refractivity contribution < 1.29 is 9.53 Å². The molecular weight excluding hydrogens is 475 g/mol. The van der Waals surface area contributed by atoms with Crippen LogP contribution in [0.15, 0.2) is 48.9 Å². The molecule has 0 bridgehead atoms. The van der Waals surface area contributed by atoms with Crippen LogP contribution in [0.3, 0.4) is 0 Å². The number of primary amides is 1. The minimum absolute atomic E-state index is 0.154. The van der Waals surface area contributed by atoms with Gasteiger partial charge in [-0.25, -0.2) is 4.79 Å². The van der Waals surface area contributed by atoms with Crippen molar-refractivity contribution in [3.63, 3.8) is 0 Å². The van der Waals surface area contributed by atoms with Crippen LogP contribution in [0.25, 0.3) is 0 Å². The van der Waals surface area contributed by atoms with Crippen molar-refractivity contribution in [1.82, 2.24) is 14.9 Å². The molecule has 0 saturated carbocycles. The molecule has 0 aliphatic carbocycles. The molecule has 4 rings (SSSR count). The molecule has 176 valence electrons. The van der Waals surface area contributed by atoms with Crippen LogP contribution in [0.5, 0.6) is 5.75 Å². The second-order valence-corrected chi connectivity index (χ2v) is 8.88. The van der Waals surface area contributed by atoms with Gasteiger partial charge >= 0.3 is 6.03 Å². The molecule has 5 N–H and O–H groups in total. The summed E-state index contributed by atoms with van der Waals surface area (Å²) < 4.78 is 5.86. The Morgan fingerprint density at radius 1 is 1.12 bits per heavy atom. The molecular formula is C24H24Cl2N6O2. The van der Waals surface area contributed by atoms with E-state index in [1.165, 1.54) is 12.4 Å². The summed E-state index contributed by atoms with van der Waals surface area (Å²) in [6, 6.07) is 8.56. The summed E-state index contributed by atoms with van der Waals surface area (Å²) >= 11 is 12.3. The van der Waals surface area contributed by atoms with Gasteiger partial charge < -0.3 is 21.1 Å². The van der Waals surface area contributed by atoms with Crippen LogP contribution < -0.4 is 16.2 Å². The molecule has 1 aliphatic heterocycles. The fourth-order valence-electron chi connectivity index (χ4n) is 3.92. The van der Waals surface area contributed by atoms with Gasteiger partial charge in [0.05, 0.1) is 15.8 Å². The van der Waals surface area contributed by atoms with E-state index in [9.17, 15) is 4.79 Å². The quantitative estimate of drug-likeness (QED) is 0.337. The van der Waals surface area contributed by atoms with E-state index in [1.54, 1.807) is 29.3 Å². The molecule has 34 heavy (non-hydrogen) atoms.